The average Bonchev–Trinajstić information content (AvgIpc) is 3.38. The highest BCUT2D eigenvalue weighted by molar-refractivity contribution is 6.30. The number of nitrogens with zero attached hydrogens (tertiary/aromatic N) is 3. The first-order valence-electron chi connectivity index (χ1n) is 13.4. The summed E-state index contributed by atoms with van der Waals surface area (Å²) in [5.41, 5.74) is -0.195. The monoisotopic (exact) mass is 581 g/mol. The molecule has 0 spiro atoms. The van der Waals surface area contributed by atoms with Gasteiger partial charge in [-0.25, -0.2) is 0 Å². The van der Waals surface area contributed by atoms with Crippen LogP contribution in [0.2, 0.25) is 5.02 Å². The number of aliphatic hydroxyl groups is 1. The van der Waals surface area contributed by atoms with Gasteiger partial charge in [-0.15, -0.1) is 0 Å². The molecule has 2 amide bonds. The van der Waals surface area contributed by atoms with E-state index in [0.717, 1.165) is 76.0 Å². The summed E-state index contributed by atoms with van der Waals surface area (Å²) >= 11 is 5.93. The molecule has 0 aromatic heterocycles. The number of halogens is 4. The van der Waals surface area contributed by atoms with Gasteiger partial charge in [0, 0.05) is 75.5 Å². The van der Waals surface area contributed by atoms with Crippen LogP contribution in [0.3, 0.4) is 0 Å². The van der Waals surface area contributed by atoms with Crippen molar-refractivity contribution < 1.29 is 27.9 Å². The fraction of sp³-hybridized carbons (Fsp3) is 0.500. The summed E-state index contributed by atoms with van der Waals surface area (Å²) in [5.74, 6) is -1.10. The summed E-state index contributed by atoms with van der Waals surface area (Å²) in [6.07, 6.45) is -4.29. The van der Waals surface area contributed by atoms with Crippen molar-refractivity contribution in [3.63, 3.8) is 0 Å². The number of piperazine rings is 1. The van der Waals surface area contributed by atoms with E-state index in [2.05, 4.69) is 25.3 Å². The summed E-state index contributed by atoms with van der Waals surface area (Å²) in [6.45, 7) is 7.26. The highest BCUT2D eigenvalue weighted by Gasteiger charge is 2.31. The predicted octanol–water partition coefficient (Wildman–Crippen LogP) is 2.63. The Kier molecular flexibility index (Phi) is 10.4. The third-order valence-corrected chi connectivity index (χ3v) is 7.63. The molecule has 2 fully saturated rings. The van der Waals surface area contributed by atoms with Crippen LogP contribution < -0.4 is 10.6 Å². The fourth-order valence-corrected chi connectivity index (χ4v) is 5.17. The van der Waals surface area contributed by atoms with Crippen LogP contribution in [0.1, 0.15) is 34.0 Å². The summed E-state index contributed by atoms with van der Waals surface area (Å²) < 4.78 is 38.6. The molecule has 2 heterocycles. The van der Waals surface area contributed by atoms with Gasteiger partial charge >= 0.3 is 6.18 Å². The van der Waals surface area contributed by atoms with Crippen molar-refractivity contribution in [3.8, 4) is 0 Å². The van der Waals surface area contributed by atoms with Crippen LogP contribution in [0, 0.1) is 0 Å². The van der Waals surface area contributed by atoms with E-state index >= 15 is 0 Å². The number of alkyl halides is 3. The van der Waals surface area contributed by atoms with Crippen molar-refractivity contribution in [2.75, 3.05) is 65.4 Å². The van der Waals surface area contributed by atoms with E-state index in [1.165, 1.54) is 6.07 Å². The Bertz CT molecular complexity index is 1140. The molecule has 2 aromatic carbocycles. The topological polar surface area (TPSA) is 88.2 Å². The molecule has 4 rings (SSSR count). The molecule has 2 aliphatic heterocycles. The smallest absolute Gasteiger partial charge is 0.387 e. The van der Waals surface area contributed by atoms with Crippen molar-refractivity contribution >= 4 is 23.4 Å². The molecule has 40 heavy (non-hydrogen) atoms. The first kappa shape index (κ1) is 30.3. The molecule has 2 aliphatic rings. The van der Waals surface area contributed by atoms with Gasteiger partial charge < -0.3 is 15.7 Å². The highest BCUT2D eigenvalue weighted by atomic mass is 35.5. The average molecular weight is 582 g/mol. The maximum absolute atomic E-state index is 12.9. The van der Waals surface area contributed by atoms with Crippen molar-refractivity contribution in [2.45, 2.75) is 24.7 Å². The second kappa shape index (κ2) is 13.8. The van der Waals surface area contributed by atoms with E-state index in [9.17, 15) is 27.9 Å². The van der Waals surface area contributed by atoms with E-state index in [0.29, 0.717) is 18.1 Å². The summed E-state index contributed by atoms with van der Waals surface area (Å²) in [5, 5.41) is 16.5. The lowest BCUT2D eigenvalue weighted by atomic mass is 10.1. The Morgan fingerprint density at radius 2 is 1.65 bits per heavy atom. The molecule has 0 aliphatic carbocycles. The number of rotatable bonds is 10. The van der Waals surface area contributed by atoms with Gasteiger partial charge in [0.05, 0.1) is 18.2 Å². The fourth-order valence-electron chi connectivity index (χ4n) is 5.04. The summed E-state index contributed by atoms with van der Waals surface area (Å²) in [4.78, 5) is 31.5. The maximum atomic E-state index is 12.9. The van der Waals surface area contributed by atoms with Gasteiger partial charge in [-0.1, -0.05) is 29.8 Å². The Morgan fingerprint density at radius 1 is 0.975 bits per heavy atom. The summed E-state index contributed by atoms with van der Waals surface area (Å²) in [7, 11) is 0. The van der Waals surface area contributed by atoms with Crippen molar-refractivity contribution in [1.82, 2.24) is 25.3 Å². The first-order chi connectivity index (χ1) is 19.1. The van der Waals surface area contributed by atoms with Gasteiger partial charge in [-0.2, -0.15) is 13.2 Å². The first-order valence-corrected chi connectivity index (χ1v) is 13.8. The van der Waals surface area contributed by atoms with Gasteiger partial charge in [0.1, 0.15) is 0 Å². The Morgan fingerprint density at radius 3 is 2.35 bits per heavy atom. The number of hydrogen-bond acceptors (Lipinski definition) is 6. The number of benzene rings is 2. The molecule has 2 saturated heterocycles. The molecular formula is C28H35ClF3N5O3. The zero-order valence-electron chi connectivity index (χ0n) is 22.2. The number of hydrogen-bond donors (Lipinski definition) is 3. The molecule has 2 atom stereocenters. The lowest BCUT2D eigenvalue weighted by molar-refractivity contribution is -0.137. The molecule has 2 aromatic rings. The molecule has 218 valence electrons. The van der Waals surface area contributed by atoms with Crippen LogP contribution in [0.15, 0.2) is 48.5 Å². The number of carbonyl (C=O) groups is 2. The van der Waals surface area contributed by atoms with Gasteiger partial charge in [0.25, 0.3) is 5.91 Å². The van der Waals surface area contributed by atoms with Crippen LogP contribution >= 0.6 is 11.6 Å². The Labute approximate surface area is 237 Å². The van der Waals surface area contributed by atoms with Crippen LogP contribution in [-0.4, -0.2) is 103 Å². The van der Waals surface area contributed by atoms with Gasteiger partial charge in [0.2, 0.25) is 5.91 Å². The minimum absolute atomic E-state index is 0.0378. The molecular weight excluding hydrogens is 547 g/mol. The minimum Gasteiger partial charge on any atom is -0.387 e. The third-order valence-electron chi connectivity index (χ3n) is 7.38. The lowest BCUT2D eigenvalue weighted by Gasteiger charge is -2.36. The van der Waals surface area contributed by atoms with E-state index in [1.54, 1.807) is 12.1 Å². The lowest BCUT2D eigenvalue weighted by Crippen LogP contribution is -2.49. The zero-order valence-corrected chi connectivity index (χ0v) is 22.9. The van der Waals surface area contributed by atoms with E-state index in [4.69, 9.17) is 11.6 Å². The minimum atomic E-state index is -4.54. The predicted molar refractivity (Wildman–Crippen MR) is 146 cm³/mol. The second-order valence-corrected chi connectivity index (χ2v) is 10.8. The van der Waals surface area contributed by atoms with Crippen LogP contribution in [-0.2, 0) is 11.0 Å². The summed E-state index contributed by atoms with van der Waals surface area (Å²) in [6, 6.07) is 11.4. The molecule has 0 radical (unpaired) electrons. The van der Waals surface area contributed by atoms with Crippen molar-refractivity contribution in [1.29, 1.82) is 0 Å². The molecule has 1 unspecified atom stereocenters. The van der Waals surface area contributed by atoms with Gasteiger partial charge in [0.15, 0.2) is 0 Å². The number of likely N-dealkylation sites (tertiary alicyclic amines) is 1. The van der Waals surface area contributed by atoms with Crippen LogP contribution in [0.5, 0.6) is 0 Å². The SMILES string of the molecule is O=C(CNC(=O)c1cccc(C(F)(F)F)c1)N[C@@H]1CCN(CCN2CCN(CC(O)c3ccc(Cl)cc3)CC2)C1. The number of β-amino-alcohol motifs (C(OH)–C–C–N with tert-alkyl or cyclic N) is 1. The Hall–Kier alpha value is -2.70. The number of aliphatic hydroxyl groups excluding tert-OH is 1. The van der Waals surface area contributed by atoms with Gasteiger partial charge in [-0.3, -0.25) is 24.3 Å². The third kappa shape index (κ3) is 8.90. The molecule has 12 heteroatoms. The molecule has 3 N–H and O–H groups in total. The van der Waals surface area contributed by atoms with E-state index < -0.39 is 23.8 Å². The number of nitrogens with one attached hydrogen (secondary N) is 2. The number of carbonyl (C=O) groups excluding carboxylic acids is 2. The quantitative estimate of drug-likeness (QED) is 0.400. The largest absolute Gasteiger partial charge is 0.416 e. The zero-order chi connectivity index (χ0) is 28.7. The molecule has 8 nitrogen and oxygen atoms in total. The van der Waals surface area contributed by atoms with Crippen LogP contribution in [0.4, 0.5) is 13.2 Å². The van der Waals surface area contributed by atoms with E-state index in [-0.39, 0.29) is 24.1 Å². The normalized spacial score (nSPS) is 19.9. The standard InChI is InChI=1S/C28H35ClF3N5O3/c29-23-6-4-20(5-7-23)25(38)19-37-14-11-35(12-15-37)10-13-36-9-8-24(18-36)34-26(39)17-33-27(40)21-2-1-3-22(16-21)28(30,31)32/h1-7,16,24-25,38H,8-15,17-19H2,(H,33,40)(H,34,39)/t24-,25?/m1/s1. The van der Waals surface area contributed by atoms with E-state index in [1.807, 2.05) is 12.1 Å². The number of amides is 2. The second-order valence-electron chi connectivity index (χ2n) is 10.3. The maximum Gasteiger partial charge on any atom is 0.416 e. The molecule has 0 saturated carbocycles. The Balaban J connectivity index is 1.10. The van der Waals surface area contributed by atoms with Crippen LogP contribution in [0.25, 0.3) is 0 Å². The van der Waals surface area contributed by atoms with Gasteiger partial charge in [-0.05, 0) is 42.3 Å². The van der Waals surface area contributed by atoms with Crippen molar-refractivity contribution in [2.24, 2.45) is 0 Å². The highest BCUT2D eigenvalue weighted by Crippen LogP contribution is 2.29. The molecule has 0 bridgehead atoms. The van der Waals surface area contributed by atoms with Crippen molar-refractivity contribution in [3.05, 3.63) is 70.2 Å².